The molecule has 0 aliphatic carbocycles. The van der Waals surface area contributed by atoms with Gasteiger partial charge >= 0.3 is 0 Å². The average molecular weight is 214 g/mol. The van der Waals surface area contributed by atoms with Crippen LogP contribution >= 0.6 is 0 Å². The molecule has 0 aliphatic heterocycles. The van der Waals surface area contributed by atoms with Gasteiger partial charge in [-0.15, -0.1) is 0 Å². The molecule has 2 rings (SSSR count). The van der Waals surface area contributed by atoms with E-state index in [0.29, 0.717) is 6.54 Å². The Kier molecular flexibility index (Phi) is 2.96. The van der Waals surface area contributed by atoms with Gasteiger partial charge in [0.05, 0.1) is 0 Å². The molecule has 0 aliphatic rings. The molecule has 0 spiro atoms. The molecular weight excluding hydrogens is 200 g/mol. The minimum atomic E-state index is 0.256. The molecule has 0 amide bonds. The van der Waals surface area contributed by atoms with E-state index in [1.54, 1.807) is 18.2 Å². The normalized spacial score (nSPS) is 10.0. The predicted octanol–water partition coefficient (Wildman–Crippen LogP) is 2.59. The maximum absolute atomic E-state index is 9.30. The Morgan fingerprint density at radius 2 is 1.88 bits per heavy atom. The van der Waals surface area contributed by atoms with Crippen molar-refractivity contribution in [3.63, 3.8) is 0 Å². The standard InChI is InChI=1S/C13H14N2O/c14-13-7-2-1-4-10(13)9-15-11-5-3-6-12(16)8-11/h1-8,15-16H,9,14H2. The third kappa shape index (κ3) is 2.45. The lowest BCUT2D eigenvalue weighted by atomic mass is 10.2. The van der Waals surface area contributed by atoms with Crippen molar-refractivity contribution in [1.29, 1.82) is 0 Å². The monoisotopic (exact) mass is 214 g/mol. The summed E-state index contributed by atoms with van der Waals surface area (Å²) in [5.41, 5.74) is 8.52. The second-order valence-electron chi connectivity index (χ2n) is 3.60. The maximum atomic E-state index is 9.30. The number of nitrogens with two attached hydrogens (primary N) is 1. The number of para-hydroxylation sites is 1. The molecule has 82 valence electrons. The maximum Gasteiger partial charge on any atom is 0.117 e. The van der Waals surface area contributed by atoms with Gasteiger partial charge in [0, 0.05) is 24.0 Å². The summed E-state index contributed by atoms with van der Waals surface area (Å²) >= 11 is 0. The molecule has 0 saturated heterocycles. The molecule has 0 bridgehead atoms. The van der Waals surface area contributed by atoms with Crippen LogP contribution in [0.1, 0.15) is 5.56 Å². The van der Waals surface area contributed by atoms with Crippen LogP contribution in [0.2, 0.25) is 0 Å². The minimum absolute atomic E-state index is 0.256. The quantitative estimate of drug-likeness (QED) is 0.688. The average Bonchev–Trinajstić information content (AvgIpc) is 2.28. The molecule has 0 unspecified atom stereocenters. The van der Waals surface area contributed by atoms with Crippen molar-refractivity contribution in [2.24, 2.45) is 0 Å². The van der Waals surface area contributed by atoms with Gasteiger partial charge < -0.3 is 16.2 Å². The summed E-state index contributed by atoms with van der Waals surface area (Å²) in [7, 11) is 0. The summed E-state index contributed by atoms with van der Waals surface area (Å²) < 4.78 is 0. The molecule has 0 atom stereocenters. The molecule has 0 heterocycles. The van der Waals surface area contributed by atoms with E-state index in [2.05, 4.69) is 5.32 Å². The number of nitrogen functional groups attached to an aromatic ring is 1. The summed E-state index contributed by atoms with van der Waals surface area (Å²) in [4.78, 5) is 0. The van der Waals surface area contributed by atoms with Gasteiger partial charge in [0.1, 0.15) is 5.75 Å². The molecule has 0 aromatic heterocycles. The lowest BCUT2D eigenvalue weighted by molar-refractivity contribution is 0.475. The highest BCUT2D eigenvalue weighted by Gasteiger charge is 1.98. The number of phenols is 1. The Morgan fingerprint density at radius 1 is 1.06 bits per heavy atom. The largest absolute Gasteiger partial charge is 0.508 e. The zero-order valence-electron chi connectivity index (χ0n) is 8.85. The van der Waals surface area contributed by atoms with Crippen LogP contribution in [-0.2, 0) is 6.54 Å². The van der Waals surface area contributed by atoms with Gasteiger partial charge in [-0.25, -0.2) is 0 Å². The lowest BCUT2D eigenvalue weighted by Crippen LogP contribution is -2.02. The molecule has 2 aromatic rings. The van der Waals surface area contributed by atoms with Crippen molar-refractivity contribution in [3.8, 4) is 5.75 Å². The van der Waals surface area contributed by atoms with Crippen LogP contribution in [0.5, 0.6) is 5.75 Å². The smallest absolute Gasteiger partial charge is 0.117 e. The molecule has 3 nitrogen and oxygen atoms in total. The van der Waals surface area contributed by atoms with E-state index in [4.69, 9.17) is 5.73 Å². The number of hydrogen-bond acceptors (Lipinski definition) is 3. The Labute approximate surface area is 94.5 Å². The van der Waals surface area contributed by atoms with Gasteiger partial charge in [0.2, 0.25) is 0 Å². The van der Waals surface area contributed by atoms with Gasteiger partial charge in [0.25, 0.3) is 0 Å². The highest BCUT2D eigenvalue weighted by Crippen LogP contribution is 2.17. The predicted molar refractivity (Wildman–Crippen MR) is 66.3 cm³/mol. The van der Waals surface area contributed by atoms with Crippen molar-refractivity contribution < 1.29 is 5.11 Å². The van der Waals surface area contributed by atoms with Crippen molar-refractivity contribution in [2.45, 2.75) is 6.54 Å². The fraction of sp³-hybridized carbons (Fsp3) is 0.0769. The van der Waals surface area contributed by atoms with Crippen molar-refractivity contribution in [3.05, 3.63) is 54.1 Å². The van der Waals surface area contributed by atoms with E-state index in [-0.39, 0.29) is 5.75 Å². The first kappa shape index (κ1) is 10.4. The number of anilines is 2. The van der Waals surface area contributed by atoms with Crippen molar-refractivity contribution >= 4 is 11.4 Å². The van der Waals surface area contributed by atoms with Gasteiger partial charge in [-0.1, -0.05) is 24.3 Å². The van der Waals surface area contributed by atoms with Gasteiger partial charge in [-0.05, 0) is 23.8 Å². The van der Waals surface area contributed by atoms with Crippen LogP contribution < -0.4 is 11.1 Å². The fourth-order valence-corrected chi connectivity index (χ4v) is 1.51. The number of aromatic hydroxyl groups is 1. The Bertz CT molecular complexity index is 483. The Balaban J connectivity index is 2.05. The van der Waals surface area contributed by atoms with Crippen LogP contribution in [0.4, 0.5) is 11.4 Å². The minimum Gasteiger partial charge on any atom is -0.508 e. The van der Waals surface area contributed by atoms with Crippen molar-refractivity contribution in [1.82, 2.24) is 0 Å². The van der Waals surface area contributed by atoms with E-state index in [1.807, 2.05) is 30.3 Å². The first-order valence-electron chi connectivity index (χ1n) is 5.12. The van der Waals surface area contributed by atoms with E-state index >= 15 is 0 Å². The third-order valence-electron chi connectivity index (χ3n) is 2.38. The van der Waals surface area contributed by atoms with Crippen LogP contribution in [0.15, 0.2) is 48.5 Å². The van der Waals surface area contributed by atoms with E-state index in [0.717, 1.165) is 16.9 Å². The third-order valence-corrected chi connectivity index (χ3v) is 2.38. The van der Waals surface area contributed by atoms with E-state index < -0.39 is 0 Å². The fourth-order valence-electron chi connectivity index (χ4n) is 1.51. The van der Waals surface area contributed by atoms with Gasteiger partial charge in [-0.2, -0.15) is 0 Å². The van der Waals surface area contributed by atoms with Crippen molar-refractivity contribution in [2.75, 3.05) is 11.1 Å². The number of nitrogens with one attached hydrogen (secondary N) is 1. The van der Waals surface area contributed by atoms with Crippen LogP contribution in [0.25, 0.3) is 0 Å². The summed E-state index contributed by atoms with van der Waals surface area (Å²) in [6.07, 6.45) is 0. The SMILES string of the molecule is Nc1ccccc1CNc1cccc(O)c1. The second kappa shape index (κ2) is 4.57. The molecule has 0 radical (unpaired) electrons. The second-order valence-corrected chi connectivity index (χ2v) is 3.60. The molecule has 0 fully saturated rings. The summed E-state index contributed by atoms with van der Waals surface area (Å²) in [5, 5.41) is 12.5. The molecule has 4 N–H and O–H groups in total. The highest BCUT2D eigenvalue weighted by atomic mass is 16.3. The van der Waals surface area contributed by atoms with Gasteiger partial charge in [0.15, 0.2) is 0 Å². The molecule has 16 heavy (non-hydrogen) atoms. The topological polar surface area (TPSA) is 58.3 Å². The molecule has 3 heteroatoms. The summed E-state index contributed by atoms with van der Waals surface area (Å²) in [6.45, 7) is 0.649. The number of rotatable bonds is 3. The first-order chi connectivity index (χ1) is 7.75. The number of phenolic OH excluding ortho intramolecular Hbond substituents is 1. The zero-order valence-corrected chi connectivity index (χ0v) is 8.85. The number of hydrogen-bond donors (Lipinski definition) is 3. The van der Waals surface area contributed by atoms with Crippen LogP contribution in [0, 0.1) is 0 Å². The summed E-state index contributed by atoms with van der Waals surface area (Å²) in [6, 6.07) is 14.7. The van der Waals surface area contributed by atoms with Crippen LogP contribution in [-0.4, -0.2) is 5.11 Å². The highest BCUT2D eigenvalue weighted by molar-refractivity contribution is 5.51. The van der Waals surface area contributed by atoms with Gasteiger partial charge in [-0.3, -0.25) is 0 Å². The molecular formula is C13H14N2O. The number of benzene rings is 2. The molecule has 0 saturated carbocycles. The van der Waals surface area contributed by atoms with E-state index in [1.165, 1.54) is 0 Å². The first-order valence-corrected chi connectivity index (χ1v) is 5.12. The lowest BCUT2D eigenvalue weighted by Gasteiger charge is -2.08. The Morgan fingerprint density at radius 3 is 2.62 bits per heavy atom. The van der Waals surface area contributed by atoms with E-state index in [9.17, 15) is 5.11 Å². The van der Waals surface area contributed by atoms with Crippen LogP contribution in [0.3, 0.4) is 0 Å². The molecule has 2 aromatic carbocycles. The summed E-state index contributed by atoms with van der Waals surface area (Å²) in [5.74, 6) is 0.256. The zero-order chi connectivity index (χ0) is 11.4. The Hall–Kier alpha value is -2.16.